The Morgan fingerprint density at radius 2 is 1.75 bits per heavy atom. The first-order chi connectivity index (χ1) is 7.35. The Morgan fingerprint density at radius 1 is 1.25 bits per heavy atom. The largest absolute Gasteiger partial charge is 0.493 e. The molecular weight excluding hydrogens is 284 g/mol. The fourth-order valence-electron chi connectivity index (χ4n) is 1.31. The minimum Gasteiger partial charge on any atom is -0.493 e. The van der Waals surface area contributed by atoms with Crippen molar-refractivity contribution in [3.8, 4) is 5.75 Å². The van der Waals surface area contributed by atoms with Gasteiger partial charge in [0.15, 0.2) is 0 Å². The summed E-state index contributed by atoms with van der Waals surface area (Å²) in [6, 6.07) is 4.12. The van der Waals surface area contributed by atoms with Crippen LogP contribution in [0.15, 0.2) is 16.6 Å². The molecule has 0 aliphatic carbocycles. The molecular formula is C13H19BrOS. The maximum atomic E-state index is 5.81. The Labute approximate surface area is 112 Å². The molecule has 1 rings (SSSR count). The predicted octanol–water partition coefficient (Wildman–Crippen LogP) is 4.40. The van der Waals surface area contributed by atoms with Gasteiger partial charge in [0.05, 0.1) is 6.61 Å². The molecule has 1 nitrogen and oxygen atoms in total. The van der Waals surface area contributed by atoms with E-state index in [1.165, 1.54) is 11.1 Å². The van der Waals surface area contributed by atoms with E-state index in [-0.39, 0.29) is 5.41 Å². The van der Waals surface area contributed by atoms with E-state index in [2.05, 4.69) is 68.4 Å². The van der Waals surface area contributed by atoms with Gasteiger partial charge in [0, 0.05) is 9.89 Å². The first-order valence-electron chi connectivity index (χ1n) is 5.36. The summed E-state index contributed by atoms with van der Waals surface area (Å²) in [5.74, 6) is 1.76. The quantitative estimate of drug-likeness (QED) is 0.811. The maximum absolute atomic E-state index is 5.81. The summed E-state index contributed by atoms with van der Waals surface area (Å²) in [6.45, 7) is 9.15. The zero-order chi connectivity index (χ0) is 12.3. The summed E-state index contributed by atoms with van der Waals surface area (Å²) in [5, 5.41) is 0. The molecule has 0 spiro atoms. The lowest BCUT2D eigenvalue weighted by Gasteiger charge is -2.22. The van der Waals surface area contributed by atoms with Crippen LogP contribution in [0.25, 0.3) is 0 Å². The Hall–Kier alpha value is -0.150. The Kier molecular flexibility index (Phi) is 4.74. The van der Waals surface area contributed by atoms with Gasteiger partial charge >= 0.3 is 0 Å². The first kappa shape index (κ1) is 13.9. The van der Waals surface area contributed by atoms with Crippen molar-refractivity contribution in [2.24, 2.45) is 5.41 Å². The number of hydrogen-bond acceptors (Lipinski definition) is 2. The van der Waals surface area contributed by atoms with Crippen molar-refractivity contribution < 1.29 is 4.74 Å². The van der Waals surface area contributed by atoms with Gasteiger partial charge in [-0.25, -0.2) is 0 Å². The Bertz CT molecular complexity index is 351. The van der Waals surface area contributed by atoms with Crippen LogP contribution in [-0.2, 0) is 0 Å². The second kappa shape index (κ2) is 5.46. The van der Waals surface area contributed by atoms with Crippen LogP contribution in [0.4, 0.5) is 0 Å². The van der Waals surface area contributed by atoms with Crippen LogP contribution in [0, 0.1) is 19.3 Å². The van der Waals surface area contributed by atoms with E-state index in [0.29, 0.717) is 6.61 Å². The van der Waals surface area contributed by atoms with Gasteiger partial charge in [-0.3, -0.25) is 0 Å². The van der Waals surface area contributed by atoms with E-state index in [9.17, 15) is 0 Å². The van der Waals surface area contributed by atoms with Crippen LogP contribution >= 0.6 is 28.6 Å². The van der Waals surface area contributed by atoms with Gasteiger partial charge in [0.1, 0.15) is 5.75 Å². The number of benzene rings is 1. The molecule has 0 aliphatic rings. The van der Waals surface area contributed by atoms with Crippen LogP contribution in [0.2, 0.25) is 0 Å². The smallest absolute Gasteiger partial charge is 0.119 e. The standard InChI is InChI=1S/C13H19BrOS/c1-9-5-11(6-10(2)12(9)14)15-7-13(3,4)8-16/h5-6,16H,7-8H2,1-4H3. The van der Waals surface area contributed by atoms with Crippen molar-refractivity contribution in [3.63, 3.8) is 0 Å². The molecule has 0 aromatic heterocycles. The monoisotopic (exact) mass is 302 g/mol. The number of thiol groups is 1. The van der Waals surface area contributed by atoms with Crippen molar-refractivity contribution in [2.45, 2.75) is 27.7 Å². The lowest BCUT2D eigenvalue weighted by Crippen LogP contribution is -2.23. The van der Waals surface area contributed by atoms with Crippen molar-refractivity contribution >= 4 is 28.6 Å². The molecule has 90 valence electrons. The molecule has 0 N–H and O–H groups in total. The van der Waals surface area contributed by atoms with Gasteiger partial charge in [-0.05, 0) is 42.9 Å². The molecule has 0 heterocycles. The minimum absolute atomic E-state index is 0.109. The zero-order valence-electron chi connectivity index (χ0n) is 10.3. The number of halogens is 1. The molecule has 0 atom stereocenters. The summed E-state index contributed by atoms with van der Waals surface area (Å²) in [5.41, 5.74) is 2.52. The van der Waals surface area contributed by atoms with Gasteiger partial charge < -0.3 is 4.74 Å². The van der Waals surface area contributed by atoms with E-state index in [0.717, 1.165) is 16.0 Å². The van der Waals surface area contributed by atoms with Crippen molar-refractivity contribution in [1.82, 2.24) is 0 Å². The molecule has 0 unspecified atom stereocenters. The van der Waals surface area contributed by atoms with Gasteiger partial charge in [-0.1, -0.05) is 29.8 Å². The molecule has 16 heavy (non-hydrogen) atoms. The SMILES string of the molecule is Cc1cc(OCC(C)(C)CS)cc(C)c1Br. The van der Waals surface area contributed by atoms with E-state index >= 15 is 0 Å². The molecule has 0 bridgehead atoms. The highest BCUT2D eigenvalue weighted by atomic mass is 79.9. The fourth-order valence-corrected chi connectivity index (χ4v) is 1.63. The van der Waals surface area contributed by atoms with Crippen LogP contribution in [0.5, 0.6) is 5.75 Å². The van der Waals surface area contributed by atoms with E-state index in [4.69, 9.17) is 4.74 Å². The topological polar surface area (TPSA) is 9.23 Å². The summed E-state index contributed by atoms with van der Waals surface area (Å²) in [7, 11) is 0. The maximum Gasteiger partial charge on any atom is 0.119 e. The van der Waals surface area contributed by atoms with Crippen LogP contribution in [-0.4, -0.2) is 12.4 Å². The Balaban J connectivity index is 2.76. The molecule has 0 saturated heterocycles. The molecule has 0 radical (unpaired) electrons. The summed E-state index contributed by atoms with van der Waals surface area (Å²) in [6.07, 6.45) is 0. The van der Waals surface area contributed by atoms with Crippen molar-refractivity contribution in [1.29, 1.82) is 0 Å². The number of aryl methyl sites for hydroxylation is 2. The van der Waals surface area contributed by atoms with Crippen LogP contribution < -0.4 is 4.74 Å². The summed E-state index contributed by atoms with van der Waals surface area (Å²) < 4.78 is 6.97. The molecule has 0 fully saturated rings. The lowest BCUT2D eigenvalue weighted by molar-refractivity contribution is 0.202. The van der Waals surface area contributed by atoms with Gasteiger partial charge in [-0.2, -0.15) is 12.6 Å². The average molecular weight is 303 g/mol. The minimum atomic E-state index is 0.109. The highest BCUT2D eigenvalue weighted by molar-refractivity contribution is 9.10. The fraction of sp³-hybridized carbons (Fsp3) is 0.538. The first-order valence-corrected chi connectivity index (χ1v) is 6.79. The second-order valence-electron chi connectivity index (χ2n) is 4.98. The summed E-state index contributed by atoms with van der Waals surface area (Å²) in [4.78, 5) is 0. The summed E-state index contributed by atoms with van der Waals surface area (Å²) >= 11 is 7.87. The van der Waals surface area contributed by atoms with Crippen LogP contribution in [0.3, 0.4) is 0 Å². The lowest BCUT2D eigenvalue weighted by atomic mass is 9.98. The van der Waals surface area contributed by atoms with E-state index < -0.39 is 0 Å². The number of rotatable bonds is 4. The third kappa shape index (κ3) is 3.70. The van der Waals surface area contributed by atoms with Gasteiger partial charge in [-0.15, -0.1) is 0 Å². The van der Waals surface area contributed by atoms with Gasteiger partial charge in [0.25, 0.3) is 0 Å². The number of ether oxygens (including phenoxy) is 1. The highest BCUT2D eigenvalue weighted by Crippen LogP contribution is 2.27. The van der Waals surface area contributed by atoms with E-state index in [1.807, 2.05) is 0 Å². The molecule has 0 aliphatic heterocycles. The second-order valence-corrected chi connectivity index (χ2v) is 6.09. The molecule has 1 aromatic carbocycles. The van der Waals surface area contributed by atoms with Crippen molar-refractivity contribution in [2.75, 3.05) is 12.4 Å². The van der Waals surface area contributed by atoms with Crippen molar-refractivity contribution in [3.05, 3.63) is 27.7 Å². The number of hydrogen-bond donors (Lipinski definition) is 1. The normalized spacial score (nSPS) is 11.6. The van der Waals surface area contributed by atoms with Gasteiger partial charge in [0.2, 0.25) is 0 Å². The molecule has 1 aromatic rings. The predicted molar refractivity (Wildman–Crippen MR) is 76.7 cm³/mol. The third-order valence-electron chi connectivity index (χ3n) is 2.47. The Morgan fingerprint density at radius 3 is 2.19 bits per heavy atom. The molecule has 3 heteroatoms. The average Bonchev–Trinajstić information content (AvgIpc) is 2.23. The zero-order valence-corrected chi connectivity index (χ0v) is 12.8. The molecule has 0 amide bonds. The third-order valence-corrected chi connectivity index (χ3v) is 4.57. The van der Waals surface area contributed by atoms with E-state index in [1.54, 1.807) is 0 Å². The van der Waals surface area contributed by atoms with Crippen LogP contribution in [0.1, 0.15) is 25.0 Å². The molecule has 0 saturated carbocycles. The highest BCUT2D eigenvalue weighted by Gasteiger charge is 2.16.